The van der Waals surface area contributed by atoms with Gasteiger partial charge in [0.05, 0.1) is 0 Å². The highest BCUT2D eigenvalue weighted by atomic mass is 32.3. The van der Waals surface area contributed by atoms with E-state index in [0.717, 1.165) is 6.42 Å². The van der Waals surface area contributed by atoms with Crippen LogP contribution in [0.25, 0.3) is 0 Å². The number of nitrogens with two attached hydrogens (primary N) is 1. The molecule has 13 heavy (non-hydrogen) atoms. The van der Waals surface area contributed by atoms with Crippen molar-refractivity contribution >= 4 is 10.4 Å². The van der Waals surface area contributed by atoms with Gasteiger partial charge < -0.3 is 10.8 Å². The summed E-state index contributed by atoms with van der Waals surface area (Å²) in [5.41, 5.74) is 5.22. The molecule has 0 aliphatic rings. The van der Waals surface area contributed by atoms with E-state index in [-0.39, 0.29) is 6.61 Å². The van der Waals surface area contributed by atoms with E-state index in [0.29, 0.717) is 19.3 Å². The van der Waals surface area contributed by atoms with Gasteiger partial charge in [0.2, 0.25) is 0 Å². The van der Waals surface area contributed by atoms with E-state index in [4.69, 9.17) is 15.4 Å². The first-order valence-electron chi connectivity index (χ1n) is 3.98. The Morgan fingerprint density at radius 3 is 2.38 bits per heavy atom. The molecule has 0 radical (unpaired) electrons. The van der Waals surface area contributed by atoms with Crippen molar-refractivity contribution in [1.29, 1.82) is 0 Å². The molecule has 0 aromatic rings. The lowest BCUT2D eigenvalue weighted by atomic mass is 10.2. The van der Waals surface area contributed by atoms with Crippen LogP contribution in [-0.4, -0.2) is 30.9 Å². The van der Waals surface area contributed by atoms with Gasteiger partial charge in [-0.2, -0.15) is 8.42 Å². The average molecular weight is 213 g/mol. The van der Waals surface area contributed by atoms with Gasteiger partial charge in [0, 0.05) is 6.61 Å². The summed E-state index contributed by atoms with van der Waals surface area (Å²) in [5.74, 6) is 0. The molecular formula is C6H15NO5S. The Morgan fingerprint density at radius 1 is 1.31 bits per heavy atom. The third-order valence-corrected chi connectivity index (χ3v) is 1.88. The first kappa shape index (κ1) is 12.8. The first-order chi connectivity index (χ1) is 5.95. The minimum atomic E-state index is -4.44. The fourth-order valence-corrected chi connectivity index (χ4v) is 1.25. The average Bonchev–Trinajstić information content (AvgIpc) is 1.94. The molecule has 1 atom stereocenters. The molecule has 0 fully saturated rings. The number of hydrogen-bond donors (Lipinski definition) is 3. The Labute approximate surface area is 77.6 Å². The van der Waals surface area contributed by atoms with Crippen molar-refractivity contribution in [3.63, 3.8) is 0 Å². The molecule has 6 nitrogen and oxygen atoms in total. The Hall–Kier alpha value is -0.210. The van der Waals surface area contributed by atoms with Gasteiger partial charge in [-0.25, -0.2) is 4.18 Å². The second-order valence-electron chi connectivity index (χ2n) is 2.64. The zero-order valence-electron chi connectivity index (χ0n) is 7.22. The van der Waals surface area contributed by atoms with E-state index in [9.17, 15) is 8.42 Å². The van der Waals surface area contributed by atoms with E-state index in [1.165, 1.54) is 0 Å². The van der Waals surface area contributed by atoms with Gasteiger partial charge in [-0.3, -0.25) is 4.55 Å². The minimum Gasteiger partial charge on any atom is -0.396 e. The standard InChI is InChI=1S/C6H15NO5S/c7-6(12-13(9,10)11)4-2-1-3-5-8/h6,8H,1-5,7H2,(H,9,10,11). The number of unbranched alkanes of at least 4 members (excludes halogenated alkanes) is 2. The van der Waals surface area contributed by atoms with Crippen molar-refractivity contribution < 1.29 is 22.3 Å². The molecule has 0 rings (SSSR count). The van der Waals surface area contributed by atoms with Crippen molar-refractivity contribution in [2.45, 2.75) is 31.9 Å². The molecule has 0 aliphatic carbocycles. The molecule has 0 bridgehead atoms. The SMILES string of the molecule is NC(CCCCCO)OS(=O)(=O)O. The second-order valence-corrected chi connectivity index (χ2v) is 3.68. The Balaban J connectivity index is 3.47. The molecule has 0 spiro atoms. The van der Waals surface area contributed by atoms with Crippen LogP contribution in [0.15, 0.2) is 0 Å². The monoisotopic (exact) mass is 213 g/mol. The highest BCUT2D eigenvalue weighted by Crippen LogP contribution is 2.04. The summed E-state index contributed by atoms with van der Waals surface area (Å²) in [6.45, 7) is 0.106. The first-order valence-corrected chi connectivity index (χ1v) is 5.34. The Morgan fingerprint density at radius 2 is 1.92 bits per heavy atom. The highest BCUT2D eigenvalue weighted by molar-refractivity contribution is 7.80. The Bertz CT molecular complexity index is 215. The predicted molar refractivity (Wildman–Crippen MR) is 46.2 cm³/mol. The lowest BCUT2D eigenvalue weighted by Crippen LogP contribution is -2.26. The normalized spacial score (nSPS) is 14.4. The van der Waals surface area contributed by atoms with Crippen molar-refractivity contribution in [2.24, 2.45) is 5.73 Å². The molecular weight excluding hydrogens is 198 g/mol. The number of aliphatic hydroxyl groups excluding tert-OH is 1. The maximum Gasteiger partial charge on any atom is 0.398 e. The fraction of sp³-hybridized carbons (Fsp3) is 1.00. The topological polar surface area (TPSA) is 110 Å². The van der Waals surface area contributed by atoms with Gasteiger partial charge in [-0.05, 0) is 19.3 Å². The van der Waals surface area contributed by atoms with Crippen LogP contribution >= 0.6 is 0 Å². The third kappa shape index (κ3) is 9.71. The van der Waals surface area contributed by atoms with Crippen LogP contribution in [0, 0.1) is 0 Å². The molecule has 0 aromatic carbocycles. The molecule has 0 heterocycles. The summed E-state index contributed by atoms with van der Waals surface area (Å²) in [5, 5.41) is 8.42. The van der Waals surface area contributed by atoms with Crippen molar-refractivity contribution in [3.05, 3.63) is 0 Å². The van der Waals surface area contributed by atoms with Gasteiger partial charge in [0.15, 0.2) is 0 Å². The van der Waals surface area contributed by atoms with Crippen molar-refractivity contribution in [2.75, 3.05) is 6.61 Å². The van der Waals surface area contributed by atoms with E-state index in [1.54, 1.807) is 0 Å². The van der Waals surface area contributed by atoms with Crippen LogP contribution in [0.1, 0.15) is 25.7 Å². The van der Waals surface area contributed by atoms with E-state index in [1.807, 2.05) is 0 Å². The van der Waals surface area contributed by atoms with Gasteiger partial charge in [-0.1, -0.05) is 6.42 Å². The zero-order chi connectivity index (χ0) is 10.3. The van der Waals surface area contributed by atoms with E-state index >= 15 is 0 Å². The molecule has 0 aliphatic heterocycles. The molecule has 0 saturated heterocycles. The van der Waals surface area contributed by atoms with Crippen LogP contribution in [0.2, 0.25) is 0 Å². The van der Waals surface area contributed by atoms with Gasteiger partial charge >= 0.3 is 10.4 Å². The fourth-order valence-electron chi connectivity index (χ4n) is 0.838. The predicted octanol–water partition coefficient (Wildman–Crippen LogP) is -0.357. The molecule has 0 amide bonds. The minimum absolute atomic E-state index is 0.106. The summed E-state index contributed by atoms with van der Waals surface area (Å²) < 4.78 is 32.6. The summed E-state index contributed by atoms with van der Waals surface area (Å²) in [6, 6.07) is 0. The molecule has 0 saturated carbocycles. The third-order valence-electron chi connectivity index (χ3n) is 1.39. The number of rotatable bonds is 7. The van der Waals surface area contributed by atoms with Gasteiger partial charge in [0.1, 0.15) is 6.23 Å². The molecule has 0 aromatic heterocycles. The summed E-state index contributed by atoms with van der Waals surface area (Å²) >= 11 is 0. The van der Waals surface area contributed by atoms with Crippen molar-refractivity contribution in [1.82, 2.24) is 0 Å². The number of aliphatic hydroxyl groups is 1. The lowest BCUT2D eigenvalue weighted by molar-refractivity contribution is 0.174. The molecule has 80 valence electrons. The molecule has 1 unspecified atom stereocenters. The van der Waals surface area contributed by atoms with Crippen LogP contribution in [-0.2, 0) is 14.6 Å². The van der Waals surface area contributed by atoms with Crippen molar-refractivity contribution in [3.8, 4) is 0 Å². The van der Waals surface area contributed by atoms with Crippen LogP contribution in [0.5, 0.6) is 0 Å². The molecule has 4 N–H and O–H groups in total. The highest BCUT2D eigenvalue weighted by Gasteiger charge is 2.11. The largest absolute Gasteiger partial charge is 0.398 e. The summed E-state index contributed by atoms with van der Waals surface area (Å²) in [4.78, 5) is 0. The van der Waals surface area contributed by atoms with Gasteiger partial charge in [-0.15, -0.1) is 0 Å². The summed E-state index contributed by atoms with van der Waals surface area (Å²) in [7, 11) is -4.44. The van der Waals surface area contributed by atoms with E-state index < -0.39 is 16.6 Å². The Kier molecular flexibility index (Phi) is 6.17. The zero-order valence-corrected chi connectivity index (χ0v) is 8.03. The maximum atomic E-state index is 10.1. The molecule has 7 heteroatoms. The van der Waals surface area contributed by atoms with Crippen LogP contribution in [0.4, 0.5) is 0 Å². The number of hydrogen-bond acceptors (Lipinski definition) is 5. The second kappa shape index (κ2) is 6.28. The smallest absolute Gasteiger partial charge is 0.396 e. The summed E-state index contributed by atoms with van der Waals surface area (Å²) in [6.07, 6.45) is 1.38. The lowest BCUT2D eigenvalue weighted by Gasteiger charge is -2.08. The quantitative estimate of drug-likeness (QED) is 0.303. The van der Waals surface area contributed by atoms with Crippen LogP contribution in [0.3, 0.4) is 0 Å². The van der Waals surface area contributed by atoms with E-state index in [2.05, 4.69) is 4.18 Å². The van der Waals surface area contributed by atoms with Crippen LogP contribution < -0.4 is 5.73 Å². The maximum absolute atomic E-state index is 10.1. The van der Waals surface area contributed by atoms with Gasteiger partial charge in [0.25, 0.3) is 0 Å².